The summed E-state index contributed by atoms with van der Waals surface area (Å²) in [7, 11) is 0. The number of nitrogens with zero attached hydrogens (tertiary/aromatic N) is 1. The first-order valence-electron chi connectivity index (χ1n) is 8.94. The first-order chi connectivity index (χ1) is 12.8. The van der Waals surface area contributed by atoms with Crippen molar-refractivity contribution in [3.05, 3.63) is 35.9 Å². The van der Waals surface area contributed by atoms with Crippen LogP contribution in [0.3, 0.4) is 0 Å². The van der Waals surface area contributed by atoms with E-state index in [9.17, 15) is 14.0 Å². The number of amides is 2. The first-order valence-corrected chi connectivity index (χ1v) is 8.94. The SMILES string of the molecule is CC(C)(C)OC(=O)N1CC(CF)CC(NC(=O)OOCc2ccccc2)C1. The highest BCUT2D eigenvalue weighted by molar-refractivity contribution is 5.69. The number of nitrogens with one attached hydrogen (secondary N) is 1. The molecule has 0 spiro atoms. The van der Waals surface area contributed by atoms with E-state index in [2.05, 4.69) is 5.32 Å². The molecular weight excluding hydrogens is 355 g/mol. The lowest BCUT2D eigenvalue weighted by molar-refractivity contribution is -0.249. The summed E-state index contributed by atoms with van der Waals surface area (Å²) in [6, 6.07) is 8.81. The number of halogens is 1. The van der Waals surface area contributed by atoms with Crippen molar-refractivity contribution in [1.82, 2.24) is 10.2 Å². The van der Waals surface area contributed by atoms with E-state index >= 15 is 0 Å². The molecule has 2 amide bonds. The van der Waals surface area contributed by atoms with E-state index in [0.29, 0.717) is 6.42 Å². The fourth-order valence-corrected chi connectivity index (χ4v) is 2.81. The predicted octanol–water partition coefficient (Wildman–Crippen LogP) is 3.44. The fraction of sp³-hybridized carbons (Fsp3) is 0.579. The molecule has 2 unspecified atom stereocenters. The maximum atomic E-state index is 13.2. The summed E-state index contributed by atoms with van der Waals surface area (Å²) in [6.45, 7) is 5.30. The minimum Gasteiger partial charge on any atom is -0.444 e. The lowest BCUT2D eigenvalue weighted by Gasteiger charge is -2.37. The van der Waals surface area contributed by atoms with Gasteiger partial charge in [-0.1, -0.05) is 30.3 Å². The lowest BCUT2D eigenvalue weighted by atomic mass is 9.95. The van der Waals surface area contributed by atoms with E-state index in [4.69, 9.17) is 14.5 Å². The van der Waals surface area contributed by atoms with E-state index in [0.717, 1.165) is 5.56 Å². The van der Waals surface area contributed by atoms with E-state index in [1.807, 2.05) is 30.3 Å². The van der Waals surface area contributed by atoms with Crippen LogP contribution in [-0.2, 0) is 21.1 Å². The molecule has 1 fully saturated rings. The standard InChI is InChI=1S/C19H27FN2O5/c1-19(2,3)26-18(24)22-11-15(10-20)9-16(12-22)21-17(23)27-25-13-14-7-5-4-6-8-14/h4-8,15-16H,9-13H2,1-3H3,(H,21,23). The largest absolute Gasteiger partial charge is 0.444 e. The van der Waals surface area contributed by atoms with Gasteiger partial charge in [0.2, 0.25) is 0 Å². The summed E-state index contributed by atoms with van der Waals surface area (Å²) in [5.41, 5.74) is 0.212. The average Bonchev–Trinajstić information content (AvgIpc) is 2.61. The second-order valence-electron chi connectivity index (χ2n) is 7.60. The van der Waals surface area contributed by atoms with Crippen LogP contribution in [0.2, 0.25) is 0 Å². The Bertz CT molecular complexity index is 620. The first kappa shape index (κ1) is 21.0. The van der Waals surface area contributed by atoms with Crippen molar-refractivity contribution in [2.24, 2.45) is 5.92 Å². The summed E-state index contributed by atoms with van der Waals surface area (Å²) in [4.78, 5) is 35.2. The molecule has 1 saturated heterocycles. The van der Waals surface area contributed by atoms with Crippen LogP contribution in [0.25, 0.3) is 0 Å². The molecule has 2 rings (SSSR count). The maximum Gasteiger partial charge on any atom is 0.438 e. The minimum atomic E-state index is -0.778. The van der Waals surface area contributed by atoms with Crippen LogP contribution in [0.1, 0.15) is 32.8 Å². The Morgan fingerprint density at radius 1 is 1.22 bits per heavy atom. The summed E-state index contributed by atoms with van der Waals surface area (Å²) >= 11 is 0. The van der Waals surface area contributed by atoms with Crippen molar-refractivity contribution < 1.29 is 28.5 Å². The molecule has 2 atom stereocenters. The number of rotatable bonds is 5. The van der Waals surface area contributed by atoms with Gasteiger partial charge < -0.3 is 15.0 Å². The van der Waals surface area contributed by atoms with Gasteiger partial charge in [-0.2, -0.15) is 4.89 Å². The van der Waals surface area contributed by atoms with Crippen molar-refractivity contribution >= 4 is 12.2 Å². The van der Waals surface area contributed by atoms with Crippen LogP contribution in [-0.4, -0.2) is 48.5 Å². The van der Waals surface area contributed by atoms with Gasteiger partial charge in [0.05, 0.1) is 12.7 Å². The van der Waals surface area contributed by atoms with Crippen LogP contribution in [0, 0.1) is 5.92 Å². The van der Waals surface area contributed by atoms with E-state index in [1.54, 1.807) is 20.8 Å². The smallest absolute Gasteiger partial charge is 0.438 e. The van der Waals surface area contributed by atoms with E-state index < -0.39 is 30.5 Å². The van der Waals surface area contributed by atoms with E-state index in [-0.39, 0.29) is 25.6 Å². The topological polar surface area (TPSA) is 77.1 Å². The van der Waals surface area contributed by atoms with Crippen LogP contribution < -0.4 is 5.32 Å². The number of likely N-dealkylation sites (tertiary alicyclic amines) is 1. The van der Waals surface area contributed by atoms with Gasteiger partial charge in [0.1, 0.15) is 12.2 Å². The molecule has 1 N–H and O–H groups in total. The summed E-state index contributed by atoms with van der Waals surface area (Å²) in [5.74, 6) is -0.373. The molecule has 1 aromatic carbocycles. The second kappa shape index (κ2) is 9.55. The van der Waals surface area contributed by atoms with Crippen molar-refractivity contribution in [3.63, 3.8) is 0 Å². The predicted molar refractivity (Wildman–Crippen MR) is 96.5 cm³/mol. The molecule has 1 aromatic rings. The zero-order valence-electron chi connectivity index (χ0n) is 15.9. The molecule has 150 valence electrons. The highest BCUT2D eigenvalue weighted by atomic mass is 19.1. The number of benzene rings is 1. The monoisotopic (exact) mass is 382 g/mol. The Kier molecular flexibility index (Phi) is 7.41. The number of hydrogen-bond donors (Lipinski definition) is 1. The third kappa shape index (κ3) is 7.42. The minimum absolute atomic E-state index is 0.121. The highest BCUT2D eigenvalue weighted by Gasteiger charge is 2.33. The number of piperidine rings is 1. The third-order valence-electron chi connectivity index (χ3n) is 3.93. The number of hydrogen-bond acceptors (Lipinski definition) is 5. The molecule has 0 aromatic heterocycles. The van der Waals surface area contributed by atoms with Gasteiger partial charge in [-0.3, -0.25) is 9.28 Å². The molecule has 0 radical (unpaired) electrons. The average molecular weight is 382 g/mol. The lowest BCUT2D eigenvalue weighted by Crippen LogP contribution is -2.54. The van der Waals surface area contributed by atoms with Gasteiger partial charge >= 0.3 is 12.2 Å². The molecule has 0 bridgehead atoms. The summed E-state index contributed by atoms with van der Waals surface area (Å²) < 4.78 is 18.5. The maximum absolute atomic E-state index is 13.2. The van der Waals surface area contributed by atoms with Gasteiger partial charge in [0.15, 0.2) is 0 Å². The molecular formula is C19H27FN2O5. The Morgan fingerprint density at radius 2 is 1.93 bits per heavy atom. The number of carbonyl (C=O) groups excluding carboxylic acids is 2. The Hall–Kier alpha value is -2.35. The van der Waals surface area contributed by atoms with Crippen LogP contribution in [0.15, 0.2) is 30.3 Å². The van der Waals surface area contributed by atoms with E-state index in [1.165, 1.54) is 4.90 Å². The molecule has 1 aliphatic rings. The zero-order valence-corrected chi connectivity index (χ0v) is 15.9. The van der Waals surface area contributed by atoms with Crippen molar-refractivity contribution in [3.8, 4) is 0 Å². The quantitative estimate of drug-likeness (QED) is 0.624. The Balaban J connectivity index is 1.82. The molecule has 27 heavy (non-hydrogen) atoms. The van der Waals surface area contributed by atoms with Crippen LogP contribution in [0.4, 0.5) is 14.0 Å². The van der Waals surface area contributed by atoms with Gasteiger partial charge in [-0.25, -0.2) is 9.59 Å². The van der Waals surface area contributed by atoms with Gasteiger partial charge in [-0.05, 0) is 32.8 Å². The molecule has 7 nitrogen and oxygen atoms in total. The normalized spacial score (nSPS) is 20.1. The zero-order chi connectivity index (χ0) is 19.9. The molecule has 0 saturated carbocycles. The molecule has 1 aliphatic heterocycles. The number of ether oxygens (including phenoxy) is 1. The summed E-state index contributed by atoms with van der Waals surface area (Å²) in [6.07, 6.45) is -0.899. The van der Waals surface area contributed by atoms with Crippen molar-refractivity contribution in [2.45, 2.75) is 45.4 Å². The fourth-order valence-electron chi connectivity index (χ4n) is 2.81. The number of carbonyl (C=O) groups is 2. The van der Waals surface area contributed by atoms with Crippen LogP contribution in [0.5, 0.6) is 0 Å². The Morgan fingerprint density at radius 3 is 2.56 bits per heavy atom. The highest BCUT2D eigenvalue weighted by Crippen LogP contribution is 2.20. The van der Waals surface area contributed by atoms with Gasteiger partial charge in [0, 0.05) is 19.0 Å². The van der Waals surface area contributed by atoms with Crippen LogP contribution >= 0.6 is 0 Å². The van der Waals surface area contributed by atoms with Crippen molar-refractivity contribution in [2.75, 3.05) is 19.8 Å². The molecule has 8 heteroatoms. The molecule has 0 aliphatic carbocycles. The summed E-state index contributed by atoms with van der Waals surface area (Å²) in [5, 5.41) is 2.61. The van der Waals surface area contributed by atoms with Gasteiger partial charge in [-0.15, -0.1) is 0 Å². The van der Waals surface area contributed by atoms with Gasteiger partial charge in [0.25, 0.3) is 0 Å². The third-order valence-corrected chi connectivity index (χ3v) is 3.93. The Labute approximate surface area is 158 Å². The number of alkyl halides is 1. The van der Waals surface area contributed by atoms with Crippen molar-refractivity contribution in [1.29, 1.82) is 0 Å². The second-order valence-corrected chi connectivity index (χ2v) is 7.60. The molecule has 1 heterocycles.